The average molecular weight is 215 g/mol. The van der Waals surface area contributed by atoms with Crippen molar-refractivity contribution in [1.82, 2.24) is 0 Å². The summed E-state index contributed by atoms with van der Waals surface area (Å²) in [5.74, 6) is -3.01. The molecular formula is C7H12F3NO3. The van der Waals surface area contributed by atoms with E-state index in [0.717, 1.165) is 13.2 Å². The molecule has 14 heavy (non-hydrogen) atoms. The van der Waals surface area contributed by atoms with Gasteiger partial charge in [0, 0.05) is 0 Å². The van der Waals surface area contributed by atoms with E-state index in [0.29, 0.717) is 6.10 Å². The molecule has 0 aliphatic heterocycles. The van der Waals surface area contributed by atoms with E-state index >= 15 is 0 Å². The molecule has 0 atom stereocenters. The maximum Gasteiger partial charge on any atom is 0.430 e. The van der Waals surface area contributed by atoms with Gasteiger partial charge in [0.15, 0.2) is 0 Å². The van der Waals surface area contributed by atoms with Gasteiger partial charge < -0.3 is 20.4 Å². The van der Waals surface area contributed by atoms with Gasteiger partial charge >= 0.3 is 6.18 Å². The Kier molecular flexibility index (Phi) is 5.47. The Hall–Kier alpha value is -0.820. The van der Waals surface area contributed by atoms with Gasteiger partial charge in [0.1, 0.15) is 5.97 Å². The van der Waals surface area contributed by atoms with Gasteiger partial charge in [-0.1, -0.05) is 0 Å². The first-order chi connectivity index (χ1) is 6.38. The molecule has 1 rings (SSSR count). The number of halogens is 3. The predicted octanol–water partition coefficient (Wildman–Crippen LogP) is -1.29. The van der Waals surface area contributed by atoms with Gasteiger partial charge in [0.25, 0.3) is 0 Å². The minimum Gasteiger partial charge on any atom is -0.542 e. The Morgan fingerprint density at radius 2 is 1.93 bits per heavy atom. The van der Waals surface area contributed by atoms with E-state index in [2.05, 4.69) is 5.73 Å². The lowest BCUT2D eigenvalue weighted by Crippen LogP contribution is -2.52. The molecule has 4 nitrogen and oxygen atoms in total. The largest absolute Gasteiger partial charge is 0.542 e. The molecular weight excluding hydrogens is 203 g/mol. The topological polar surface area (TPSA) is 77.0 Å². The zero-order valence-electron chi connectivity index (χ0n) is 7.47. The van der Waals surface area contributed by atoms with E-state index in [1.54, 1.807) is 0 Å². The van der Waals surface area contributed by atoms with Crippen molar-refractivity contribution < 1.29 is 33.5 Å². The van der Waals surface area contributed by atoms with Crippen LogP contribution in [0.15, 0.2) is 0 Å². The summed E-state index contributed by atoms with van der Waals surface area (Å²) in [5.41, 5.74) is 3.66. The van der Waals surface area contributed by atoms with Crippen molar-refractivity contribution in [2.75, 3.05) is 13.2 Å². The van der Waals surface area contributed by atoms with E-state index in [9.17, 15) is 13.2 Å². The zero-order valence-corrected chi connectivity index (χ0v) is 7.47. The summed E-state index contributed by atoms with van der Waals surface area (Å²) >= 11 is 0. The van der Waals surface area contributed by atoms with Crippen molar-refractivity contribution in [3.05, 3.63) is 0 Å². The Labute approximate surface area is 78.8 Å². The van der Waals surface area contributed by atoms with Crippen molar-refractivity contribution in [3.63, 3.8) is 0 Å². The molecule has 0 heterocycles. The van der Waals surface area contributed by atoms with Gasteiger partial charge in [0.05, 0.1) is 19.3 Å². The second kappa shape index (κ2) is 5.82. The molecule has 0 unspecified atom stereocenters. The molecule has 0 radical (unpaired) electrons. The van der Waals surface area contributed by atoms with Crippen molar-refractivity contribution >= 4 is 5.97 Å². The standard InChI is InChI=1S/C5H11NO.C2HF3O2/c6-3-4-7-5-1-2-5;3-2(4,5)1(6)7/h5H,1-4,6H2;(H,6,7). The Bertz CT molecular complexity index is 180. The van der Waals surface area contributed by atoms with E-state index in [1.807, 2.05) is 0 Å². The summed E-state index contributed by atoms with van der Waals surface area (Å²) in [7, 11) is 0. The van der Waals surface area contributed by atoms with Crippen LogP contribution >= 0.6 is 0 Å². The summed E-state index contributed by atoms with van der Waals surface area (Å²) in [6, 6.07) is 0. The number of carboxylic acid groups (broad SMARTS) is 1. The summed E-state index contributed by atoms with van der Waals surface area (Å²) in [6.07, 6.45) is -2.03. The predicted molar refractivity (Wildman–Crippen MR) is 37.8 cm³/mol. The van der Waals surface area contributed by atoms with Crippen LogP contribution < -0.4 is 10.8 Å². The lowest BCUT2D eigenvalue weighted by molar-refractivity contribution is -0.374. The molecule has 7 heteroatoms. The van der Waals surface area contributed by atoms with Crippen LogP contribution in [0.2, 0.25) is 0 Å². The van der Waals surface area contributed by atoms with Crippen LogP contribution in [0.5, 0.6) is 0 Å². The summed E-state index contributed by atoms with van der Waals surface area (Å²) in [6.45, 7) is 1.77. The Morgan fingerprint density at radius 1 is 1.50 bits per heavy atom. The fourth-order valence-corrected chi connectivity index (χ4v) is 0.485. The molecule has 0 amide bonds. The molecule has 3 N–H and O–H groups in total. The number of rotatable bonds is 3. The van der Waals surface area contributed by atoms with Gasteiger partial charge in [-0.05, 0) is 12.8 Å². The molecule has 1 aliphatic rings. The quantitative estimate of drug-likeness (QED) is 0.636. The number of aliphatic carboxylic acids is 1. The van der Waals surface area contributed by atoms with E-state index in [4.69, 9.17) is 14.6 Å². The highest BCUT2D eigenvalue weighted by atomic mass is 19.4. The van der Waals surface area contributed by atoms with Crippen LogP contribution in [0.4, 0.5) is 13.2 Å². The maximum absolute atomic E-state index is 10.5. The Balaban J connectivity index is 0.000000241. The molecule has 0 spiro atoms. The minimum atomic E-state index is -5.19. The highest BCUT2D eigenvalue weighted by Crippen LogP contribution is 2.22. The number of hydrogen-bond donors (Lipinski definition) is 1. The summed E-state index contributed by atoms with van der Waals surface area (Å²) < 4.78 is 36.8. The summed E-state index contributed by atoms with van der Waals surface area (Å²) in [5, 5.41) is 8.78. The van der Waals surface area contributed by atoms with Crippen LogP contribution in [-0.4, -0.2) is 31.4 Å². The van der Waals surface area contributed by atoms with Gasteiger partial charge in [-0.3, -0.25) is 0 Å². The highest BCUT2D eigenvalue weighted by molar-refractivity contribution is 5.70. The number of ether oxygens (including phenoxy) is 1. The van der Waals surface area contributed by atoms with Crippen molar-refractivity contribution in [2.24, 2.45) is 0 Å². The molecule has 1 fully saturated rings. The van der Waals surface area contributed by atoms with Crippen molar-refractivity contribution in [3.8, 4) is 0 Å². The molecule has 1 saturated carbocycles. The zero-order chi connectivity index (χ0) is 11.2. The molecule has 0 saturated heterocycles. The lowest BCUT2D eigenvalue weighted by atomic mass is 10.7. The van der Waals surface area contributed by atoms with Crippen LogP contribution in [0, 0.1) is 0 Å². The third kappa shape index (κ3) is 7.81. The Morgan fingerprint density at radius 3 is 2.14 bits per heavy atom. The van der Waals surface area contributed by atoms with E-state index < -0.39 is 12.1 Å². The van der Waals surface area contributed by atoms with E-state index in [1.165, 1.54) is 12.8 Å². The van der Waals surface area contributed by atoms with Crippen LogP contribution in [-0.2, 0) is 9.53 Å². The molecule has 1 aliphatic carbocycles. The smallest absolute Gasteiger partial charge is 0.430 e. The first-order valence-electron chi connectivity index (χ1n) is 4.07. The maximum atomic E-state index is 10.5. The third-order valence-electron chi connectivity index (χ3n) is 1.25. The third-order valence-corrected chi connectivity index (χ3v) is 1.25. The average Bonchev–Trinajstić information content (AvgIpc) is 2.83. The van der Waals surface area contributed by atoms with Crippen LogP contribution in [0.25, 0.3) is 0 Å². The van der Waals surface area contributed by atoms with Gasteiger partial charge in [-0.25, -0.2) is 0 Å². The fraction of sp³-hybridized carbons (Fsp3) is 0.857. The second-order valence-electron chi connectivity index (χ2n) is 2.71. The monoisotopic (exact) mass is 215 g/mol. The first-order valence-corrected chi connectivity index (χ1v) is 4.07. The highest BCUT2D eigenvalue weighted by Gasteiger charge is 2.28. The number of hydrogen-bond acceptors (Lipinski definition) is 3. The SMILES string of the molecule is O=C([O-])C(F)(F)F.[NH3+]CCOC1CC1. The second-order valence-corrected chi connectivity index (χ2v) is 2.71. The fourth-order valence-electron chi connectivity index (χ4n) is 0.485. The van der Waals surface area contributed by atoms with Crippen molar-refractivity contribution in [2.45, 2.75) is 25.1 Å². The number of carboxylic acids is 1. The van der Waals surface area contributed by atoms with Gasteiger partial charge in [0.2, 0.25) is 0 Å². The van der Waals surface area contributed by atoms with Crippen molar-refractivity contribution in [1.29, 1.82) is 0 Å². The number of carbonyl (C=O) groups excluding carboxylic acids is 1. The van der Waals surface area contributed by atoms with Crippen LogP contribution in [0.3, 0.4) is 0 Å². The lowest BCUT2D eigenvalue weighted by Gasteiger charge is -2.03. The van der Waals surface area contributed by atoms with E-state index in [-0.39, 0.29) is 0 Å². The van der Waals surface area contributed by atoms with Gasteiger partial charge in [-0.15, -0.1) is 0 Å². The number of alkyl halides is 3. The normalized spacial score (nSPS) is 15.7. The molecule has 0 aromatic carbocycles. The number of carbonyl (C=O) groups is 1. The summed E-state index contributed by atoms with van der Waals surface area (Å²) in [4.78, 5) is 8.78. The van der Waals surface area contributed by atoms with Gasteiger partial charge in [-0.2, -0.15) is 13.2 Å². The molecule has 0 aromatic heterocycles. The minimum absolute atomic E-state index is 0.613. The van der Waals surface area contributed by atoms with Crippen LogP contribution in [0.1, 0.15) is 12.8 Å². The number of quaternary nitrogens is 1. The molecule has 0 bridgehead atoms. The molecule has 0 aromatic rings. The first kappa shape index (κ1) is 13.2. The molecule has 84 valence electrons.